The SMILES string of the molecule is CCCC/C=C\C/C=C\C/C=C\CCC1CC(C)(OC)CC1=O. The van der Waals surface area contributed by atoms with Crippen molar-refractivity contribution in [2.24, 2.45) is 5.92 Å². The molecule has 1 aliphatic carbocycles. The molecule has 2 unspecified atom stereocenters. The fourth-order valence-electron chi connectivity index (χ4n) is 3.04. The van der Waals surface area contributed by atoms with Gasteiger partial charge < -0.3 is 4.74 Å². The van der Waals surface area contributed by atoms with Crippen LogP contribution in [-0.2, 0) is 9.53 Å². The van der Waals surface area contributed by atoms with Crippen LogP contribution in [0.25, 0.3) is 0 Å². The summed E-state index contributed by atoms with van der Waals surface area (Å²) in [5.74, 6) is 0.561. The molecule has 2 heteroatoms. The molecule has 0 N–H and O–H groups in total. The first kappa shape index (κ1) is 19.9. The van der Waals surface area contributed by atoms with Crippen molar-refractivity contribution in [1.82, 2.24) is 0 Å². The van der Waals surface area contributed by atoms with Gasteiger partial charge in [0, 0.05) is 19.4 Å². The molecular weight excluding hydrogens is 284 g/mol. The minimum Gasteiger partial charge on any atom is -0.378 e. The molecule has 23 heavy (non-hydrogen) atoms. The Morgan fingerprint density at radius 2 is 1.70 bits per heavy atom. The highest BCUT2D eigenvalue weighted by molar-refractivity contribution is 5.84. The van der Waals surface area contributed by atoms with Gasteiger partial charge in [0.1, 0.15) is 5.78 Å². The van der Waals surface area contributed by atoms with E-state index < -0.39 is 0 Å². The molecule has 0 heterocycles. The number of hydrogen-bond donors (Lipinski definition) is 0. The van der Waals surface area contributed by atoms with Gasteiger partial charge in [-0.25, -0.2) is 0 Å². The Kier molecular flexibility index (Phi) is 9.86. The predicted octanol–water partition coefficient (Wildman–Crippen LogP) is 5.79. The summed E-state index contributed by atoms with van der Waals surface area (Å²) in [6.45, 7) is 4.27. The maximum Gasteiger partial charge on any atom is 0.138 e. The third kappa shape index (κ3) is 8.31. The summed E-state index contributed by atoms with van der Waals surface area (Å²) in [6, 6.07) is 0. The van der Waals surface area contributed by atoms with Crippen LogP contribution in [0, 0.1) is 5.92 Å². The highest BCUT2D eigenvalue weighted by Crippen LogP contribution is 2.36. The first-order chi connectivity index (χ1) is 11.1. The number of unbranched alkanes of at least 4 members (excludes halogenated alkanes) is 2. The van der Waals surface area contributed by atoms with E-state index >= 15 is 0 Å². The van der Waals surface area contributed by atoms with Crippen molar-refractivity contribution >= 4 is 5.78 Å². The largest absolute Gasteiger partial charge is 0.378 e. The van der Waals surface area contributed by atoms with E-state index in [9.17, 15) is 4.79 Å². The molecule has 2 atom stereocenters. The monoisotopic (exact) mass is 318 g/mol. The Hall–Kier alpha value is -1.15. The summed E-state index contributed by atoms with van der Waals surface area (Å²) in [5.41, 5.74) is -0.223. The van der Waals surface area contributed by atoms with Gasteiger partial charge in [-0.05, 0) is 45.4 Å². The van der Waals surface area contributed by atoms with Crippen LogP contribution in [0.1, 0.15) is 71.6 Å². The molecule has 0 aromatic carbocycles. The number of Topliss-reactive ketones (excluding diaryl/α,β-unsaturated/α-hetero) is 1. The number of carbonyl (C=O) groups is 1. The van der Waals surface area contributed by atoms with Gasteiger partial charge in [-0.1, -0.05) is 56.2 Å². The predicted molar refractivity (Wildman–Crippen MR) is 98.6 cm³/mol. The zero-order valence-corrected chi connectivity index (χ0v) is 15.2. The van der Waals surface area contributed by atoms with E-state index in [2.05, 4.69) is 43.4 Å². The third-order valence-electron chi connectivity index (χ3n) is 4.62. The molecular formula is C21H34O2. The van der Waals surface area contributed by atoms with Gasteiger partial charge in [0.05, 0.1) is 5.60 Å². The summed E-state index contributed by atoms with van der Waals surface area (Å²) in [5, 5.41) is 0. The van der Waals surface area contributed by atoms with Crippen molar-refractivity contribution in [2.45, 2.75) is 77.2 Å². The molecule has 2 nitrogen and oxygen atoms in total. The van der Waals surface area contributed by atoms with Gasteiger partial charge in [0.25, 0.3) is 0 Å². The molecule has 1 fully saturated rings. The summed E-state index contributed by atoms with van der Waals surface area (Å²) in [6.07, 6.45) is 22.5. The van der Waals surface area contributed by atoms with Crippen molar-refractivity contribution in [3.63, 3.8) is 0 Å². The highest BCUT2D eigenvalue weighted by Gasteiger charge is 2.40. The first-order valence-corrected chi connectivity index (χ1v) is 9.14. The van der Waals surface area contributed by atoms with E-state index in [1.165, 1.54) is 19.3 Å². The van der Waals surface area contributed by atoms with E-state index in [-0.39, 0.29) is 11.5 Å². The van der Waals surface area contributed by atoms with Crippen LogP contribution < -0.4 is 0 Å². The lowest BCUT2D eigenvalue weighted by Gasteiger charge is -2.20. The zero-order chi connectivity index (χ0) is 17.0. The molecule has 0 bridgehead atoms. The molecule has 0 aromatic rings. The second-order valence-electron chi connectivity index (χ2n) is 6.80. The van der Waals surface area contributed by atoms with Crippen molar-refractivity contribution in [2.75, 3.05) is 7.11 Å². The Morgan fingerprint density at radius 1 is 1.09 bits per heavy atom. The van der Waals surface area contributed by atoms with Gasteiger partial charge in [0.2, 0.25) is 0 Å². The van der Waals surface area contributed by atoms with Gasteiger partial charge >= 0.3 is 0 Å². The fourth-order valence-corrected chi connectivity index (χ4v) is 3.04. The lowest BCUT2D eigenvalue weighted by molar-refractivity contribution is -0.121. The van der Waals surface area contributed by atoms with E-state index in [0.717, 1.165) is 32.1 Å². The Balaban J connectivity index is 2.09. The van der Waals surface area contributed by atoms with Gasteiger partial charge in [-0.15, -0.1) is 0 Å². The zero-order valence-electron chi connectivity index (χ0n) is 15.2. The number of hydrogen-bond acceptors (Lipinski definition) is 2. The van der Waals surface area contributed by atoms with Crippen molar-refractivity contribution in [3.8, 4) is 0 Å². The van der Waals surface area contributed by atoms with E-state index in [4.69, 9.17) is 4.74 Å². The van der Waals surface area contributed by atoms with Gasteiger partial charge in [0.15, 0.2) is 0 Å². The van der Waals surface area contributed by atoms with Crippen LogP contribution in [-0.4, -0.2) is 18.5 Å². The van der Waals surface area contributed by atoms with Gasteiger partial charge in [-0.2, -0.15) is 0 Å². The van der Waals surface area contributed by atoms with Crippen molar-refractivity contribution < 1.29 is 9.53 Å². The molecule has 0 spiro atoms. The van der Waals surface area contributed by atoms with Crippen LogP contribution in [0.3, 0.4) is 0 Å². The minimum absolute atomic E-state index is 0.188. The number of allylic oxidation sites excluding steroid dienone is 6. The number of carbonyl (C=O) groups excluding carboxylic acids is 1. The fraction of sp³-hybridized carbons (Fsp3) is 0.667. The first-order valence-electron chi connectivity index (χ1n) is 9.14. The van der Waals surface area contributed by atoms with Crippen LogP contribution in [0.4, 0.5) is 0 Å². The van der Waals surface area contributed by atoms with E-state index in [0.29, 0.717) is 12.2 Å². The molecule has 0 amide bonds. The molecule has 0 aromatic heterocycles. The van der Waals surface area contributed by atoms with Gasteiger partial charge in [-0.3, -0.25) is 4.79 Å². The molecule has 1 saturated carbocycles. The standard InChI is InChI=1S/C21H34O2/c1-4-5-6-7-8-9-10-11-12-13-14-15-16-19-17-21(2,23-3)18-20(19)22/h7-8,10-11,13-14,19H,4-6,9,12,15-18H2,1-3H3/b8-7-,11-10-,14-13-. The quantitative estimate of drug-likeness (QED) is 0.356. The van der Waals surface area contributed by atoms with Crippen LogP contribution in [0.5, 0.6) is 0 Å². The van der Waals surface area contributed by atoms with E-state index in [1.807, 2.05) is 6.92 Å². The number of methoxy groups -OCH3 is 1. The lowest BCUT2D eigenvalue weighted by Crippen LogP contribution is -2.23. The maximum atomic E-state index is 12.0. The van der Waals surface area contributed by atoms with E-state index in [1.54, 1.807) is 7.11 Å². The maximum absolute atomic E-state index is 12.0. The van der Waals surface area contributed by atoms with Crippen LogP contribution in [0.15, 0.2) is 36.5 Å². The Labute approximate surface area is 142 Å². The highest BCUT2D eigenvalue weighted by atomic mass is 16.5. The smallest absolute Gasteiger partial charge is 0.138 e. The Bertz CT molecular complexity index is 420. The van der Waals surface area contributed by atoms with Crippen LogP contribution in [0.2, 0.25) is 0 Å². The Morgan fingerprint density at radius 3 is 2.26 bits per heavy atom. The second kappa shape index (κ2) is 11.4. The minimum atomic E-state index is -0.223. The number of rotatable bonds is 11. The summed E-state index contributed by atoms with van der Waals surface area (Å²) in [7, 11) is 1.71. The average Bonchev–Trinajstić information content (AvgIpc) is 2.83. The van der Waals surface area contributed by atoms with Crippen LogP contribution >= 0.6 is 0 Å². The summed E-state index contributed by atoms with van der Waals surface area (Å²) < 4.78 is 5.46. The molecule has 0 saturated heterocycles. The lowest BCUT2D eigenvalue weighted by atomic mass is 9.98. The average molecular weight is 319 g/mol. The molecule has 1 aliphatic rings. The number of ether oxygens (including phenoxy) is 1. The molecule has 130 valence electrons. The van der Waals surface area contributed by atoms with Crippen molar-refractivity contribution in [1.29, 1.82) is 0 Å². The topological polar surface area (TPSA) is 26.3 Å². The second-order valence-corrected chi connectivity index (χ2v) is 6.80. The summed E-state index contributed by atoms with van der Waals surface area (Å²) >= 11 is 0. The summed E-state index contributed by atoms with van der Waals surface area (Å²) in [4.78, 5) is 12.0. The molecule has 1 rings (SSSR count). The third-order valence-corrected chi connectivity index (χ3v) is 4.62. The number of ketones is 1. The molecule has 0 aliphatic heterocycles. The molecule has 0 radical (unpaired) electrons. The normalized spacial score (nSPS) is 25.5. The van der Waals surface area contributed by atoms with Crippen molar-refractivity contribution in [3.05, 3.63) is 36.5 Å².